The van der Waals surface area contributed by atoms with Crippen molar-refractivity contribution in [2.24, 2.45) is 0 Å². The van der Waals surface area contributed by atoms with Crippen molar-refractivity contribution in [1.29, 1.82) is 5.26 Å². The zero-order chi connectivity index (χ0) is 22.7. The fourth-order valence-electron chi connectivity index (χ4n) is 4.44. The summed E-state index contributed by atoms with van der Waals surface area (Å²) in [5.41, 5.74) is 2.01. The number of amides is 2. The summed E-state index contributed by atoms with van der Waals surface area (Å²) in [5.74, 6) is -0.252. The van der Waals surface area contributed by atoms with Gasteiger partial charge in [0.05, 0.1) is 22.2 Å². The molecule has 0 saturated carbocycles. The van der Waals surface area contributed by atoms with Crippen LogP contribution in [0.15, 0.2) is 42.5 Å². The summed E-state index contributed by atoms with van der Waals surface area (Å²) in [6.45, 7) is 3.32. The Kier molecular flexibility index (Phi) is 6.88. The second-order valence-corrected chi connectivity index (χ2v) is 8.95. The number of likely N-dealkylation sites (tertiary alicyclic amines) is 1. The van der Waals surface area contributed by atoms with E-state index in [9.17, 15) is 9.59 Å². The smallest absolute Gasteiger partial charge is 0.256 e. The number of hydrogen-bond donors (Lipinski definition) is 0. The van der Waals surface area contributed by atoms with Gasteiger partial charge in [-0.1, -0.05) is 23.2 Å². The van der Waals surface area contributed by atoms with Gasteiger partial charge in [0.2, 0.25) is 5.91 Å². The van der Waals surface area contributed by atoms with E-state index >= 15 is 0 Å². The highest BCUT2D eigenvalue weighted by Crippen LogP contribution is 2.27. The Morgan fingerprint density at radius 1 is 0.938 bits per heavy atom. The molecule has 8 heteroatoms. The second kappa shape index (κ2) is 9.81. The number of carbonyl (C=O) groups excluding carboxylic acids is 2. The summed E-state index contributed by atoms with van der Waals surface area (Å²) >= 11 is 12.3. The lowest BCUT2D eigenvalue weighted by Crippen LogP contribution is -2.48. The van der Waals surface area contributed by atoms with E-state index < -0.39 is 6.04 Å². The van der Waals surface area contributed by atoms with Crippen molar-refractivity contribution in [3.8, 4) is 6.07 Å². The number of halogens is 2. The molecule has 0 radical (unpaired) electrons. The predicted molar refractivity (Wildman–Crippen MR) is 125 cm³/mol. The molecule has 6 nitrogen and oxygen atoms in total. The van der Waals surface area contributed by atoms with Crippen LogP contribution in [-0.4, -0.2) is 60.4 Å². The molecule has 2 aromatic rings. The molecule has 2 aliphatic rings. The quantitative estimate of drug-likeness (QED) is 0.673. The molecule has 2 aliphatic heterocycles. The fraction of sp³-hybridized carbons (Fsp3) is 0.375. The zero-order valence-electron chi connectivity index (χ0n) is 17.6. The number of rotatable bonds is 3. The van der Waals surface area contributed by atoms with Gasteiger partial charge in [-0.05, 0) is 61.7 Å². The summed E-state index contributed by atoms with van der Waals surface area (Å²) < 4.78 is 0. The first-order valence-corrected chi connectivity index (χ1v) is 11.5. The molecule has 32 heavy (non-hydrogen) atoms. The first-order valence-electron chi connectivity index (χ1n) is 10.8. The number of benzene rings is 2. The minimum Gasteiger partial charge on any atom is -0.370 e. The minimum absolute atomic E-state index is 0.00400. The second-order valence-electron chi connectivity index (χ2n) is 8.11. The van der Waals surface area contributed by atoms with Crippen molar-refractivity contribution in [1.82, 2.24) is 9.80 Å². The molecular formula is C24H24Cl2N4O2. The lowest BCUT2D eigenvalue weighted by molar-refractivity contribution is -0.135. The topological polar surface area (TPSA) is 67.7 Å². The molecule has 0 spiro atoms. The Morgan fingerprint density at radius 2 is 1.72 bits per heavy atom. The Morgan fingerprint density at radius 3 is 2.47 bits per heavy atom. The third kappa shape index (κ3) is 4.69. The van der Waals surface area contributed by atoms with E-state index in [1.165, 1.54) is 0 Å². The summed E-state index contributed by atoms with van der Waals surface area (Å²) in [4.78, 5) is 32.3. The summed E-state index contributed by atoms with van der Waals surface area (Å²) in [6, 6.07) is 14.0. The van der Waals surface area contributed by atoms with Crippen molar-refractivity contribution in [3.05, 3.63) is 63.6 Å². The van der Waals surface area contributed by atoms with Crippen LogP contribution in [0, 0.1) is 11.3 Å². The van der Waals surface area contributed by atoms with Gasteiger partial charge in [-0.2, -0.15) is 5.26 Å². The van der Waals surface area contributed by atoms with Crippen molar-refractivity contribution in [2.45, 2.75) is 25.3 Å². The van der Waals surface area contributed by atoms with Gasteiger partial charge in [-0.15, -0.1) is 0 Å². The molecular weight excluding hydrogens is 447 g/mol. The lowest BCUT2D eigenvalue weighted by Gasteiger charge is -2.30. The van der Waals surface area contributed by atoms with Gasteiger partial charge in [0.15, 0.2) is 0 Å². The molecule has 2 aromatic carbocycles. The Bertz CT molecular complexity index is 1050. The summed E-state index contributed by atoms with van der Waals surface area (Å²) in [7, 11) is 0. The van der Waals surface area contributed by atoms with Crippen LogP contribution in [0.25, 0.3) is 0 Å². The molecule has 0 bridgehead atoms. The van der Waals surface area contributed by atoms with Crippen LogP contribution in [0.1, 0.15) is 35.2 Å². The summed E-state index contributed by atoms with van der Waals surface area (Å²) in [6.07, 6.45) is 2.27. The van der Waals surface area contributed by atoms with E-state index in [1.54, 1.807) is 23.1 Å². The van der Waals surface area contributed by atoms with Gasteiger partial charge in [0, 0.05) is 43.4 Å². The Hall–Kier alpha value is -2.75. The van der Waals surface area contributed by atoms with E-state index in [2.05, 4.69) is 11.0 Å². The SMILES string of the molecule is N#Cc1ccc(N2CCCN(C(=O)C3CCCN3C(=O)c3cc(Cl)ccc3Cl)CC2)cc1. The normalized spacial score (nSPS) is 18.9. The van der Waals surface area contributed by atoms with Crippen LogP contribution < -0.4 is 4.90 Å². The van der Waals surface area contributed by atoms with E-state index in [0.29, 0.717) is 53.8 Å². The van der Waals surface area contributed by atoms with E-state index in [0.717, 1.165) is 25.1 Å². The Labute approximate surface area is 197 Å². The standard InChI is InChI=1S/C24H24Cl2N4O2/c25-18-6-9-21(26)20(15-18)23(31)30-12-1-3-22(30)24(32)29-11-2-10-28(13-14-29)19-7-4-17(16-27)5-8-19/h4-9,15,22H,1-3,10-14H2. The van der Waals surface area contributed by atoms with Crippen LogP contribution in [0.2, 0.25) is 10.0 Å². The third-order valence-corrected chi connectivity index (χ3v) is 6.69. The monoisotopic (exact) mass is 470 g/mol. The van der Waals surface area contributed by atoms with Crippen molar-refractivity contribution in [2.75, 3.05) is 37.6 Å². The highest BCUT2D eigenvalue weighted by atomic mass is 35.5. The number of carbonyl (C=O) groups is 2. The molecule has 0 aromatic heterocycles. The van der Waals surface area contributed by atoms with Crippen molar-refractivity contribution < 1.29 is 9.59 Å². The average Bonchev–Trinajstić information content (AvgIpc) is 3.17. The minimum atomic E-state index is -0.473. The molecule has 1 atom stereocenters. The molecule has 2 amide bonds. The van der Waals surface area contributed by atoms with Crippen LogP contribution >= 0.6 is 23.2 Å². The number of anilines is 1. The van der Waals surface area contributed by atoms with E-state index in [1.807, 2.05) is 29.2 Å². The highest BCUT2D eigenvalue weighted by molar-refractivity contribution is 6.35. The maximum absolute atomic E-state index is 13.4. The largest absolute Gasteiger partial charge is 0.370 e. The Balaban J connectivity index is 1.44. The first kappa shape index (κ1) is 22.4. The van der Waals surface area contributed by atoms with Crippen LogP contribution in [0.5, 0.6) is 0 Å². The molecule has 0 aliphatic carbocycles. The van der Waals surface area contributed by atoms with Crippen LogP contribution in [-0.2, 0) is 4.79 Å². The molecule has 2 heterocycles. The predicted octanol–water partition coefficient (Wildman–Crippen LogP) is 4.21. The van der Waals surface area contributed by atoms with Gasteiger partial charge in [-0.25, -0.2) is 0 Å². The van der Waals surface area contributed by atoms with Crippen molar-refractivity contribution in [3.63, 3.8) is 0 Å². The van der Waals surface area contributed by atoms with E-state index in [4.69, 9.17) is 28.5 Å². The fourth-order valence-corrected chi connectivity index (χ4v) is 4.81. The van der Waals surface area contributed by atoms with Gasteiger partial charge in [-0.3, -0.25) is 9.59 Å². The van der Waals surface area contributed by atoms with Gasteiger partial charge in [0.1, 0.15) is 6.04 Å². The van der Waals surface area contributed by atoms with Gasteiger partial charge < -0.3 is 14.7 Å². The maximum atomic E-state index is 13.4. The van der Waals surface area contributed by atoms with Gasteiger partial charge >= 0.3 is 0 Å². The molecule has 2 fully saturated rings. The first-order chi connectivity index (χ1) is 15.5. The highest BCUT2D eigenvalue weighted by Gasteiger charge is 2.37. The average molecular weight is 471 g/mol. The molecule has 0 N–H and O–H groups in total. The lowest BCUT2D eigenvalue weighted by atomic mass is 10.1. The number of nitrogens with zero attached hydrogens (tertiary/aromatic N) is 4. The van der Waals surface area contributed by atoms with Gasteiger partial charge in [0.25, 0.3) is 5.91 Å². The third-order valence-electron chi connectivity index (χ3n) is 6.13. The van der Waals surface area contributed by atoms with Crippen LogP contribution in [0.4, 0.5) is 5.69 Å². The molecule has 4 rings (SSSR count). The molecule has 1 unspecified atom stereocenters. The zero-order valence-corrected chi connectivity index (χ0v) is 19.1. The maximum Gasteiger partial charge on any atom is 0.256 e. The van der Waals surface area contributed by atoms with Crippen molar-refractivity contribution >= 4 is 40.7 Å². The summed E-state index contributed by atoms with van der Waals surface area (Å²) in [5, 5.41) is 9.77. The number of hydrogen-bond acceptors (Lipinski definition) is 4. The number of nitriles is 1. The van der Waals surface area contributed by atoms with E-state index in [-0.39, 0.29) is 11.8 Å². The molecule has 2 saturated heterocycles. The molecule has 166 valence electrons. The van der Waals surface area contributed by atoms with Crippen LogP contribution in [0.3, 0.4) is 0 Å².